The molecule has 1 unspecified atom stereocenters. The maximum atomic E-state index is 12.7. The van der Waals surface area contributed by atoms with Crippen LogP contribution in [-0.2, 0) is 21.2 Å². The summed E-state index contributed by atoms with van der Waals surface area (Å²) in [5.41, 5.74) is 7.54. The maximum Gasteiger partial charge on any atom is 0.241 e. The minimum Gasteiger partial charge on any atom is -0.330 e. The normalized spacial score (nSPS) is 24.4. The van der Waals surface area contributed by atoms with Crippen LogP contribution in [0.15, 0.2) is 23.1 Å². The van der Waals surface area contributed by atoms with Gasteiger partial charge in [0.05, 0.1) is 11.4 Å². The summed E-state index contributed by atoms with van der Waals surface area (Å²) in [5.74, 6) is 0.0402. The van der Waals surface area contributed by atoms with E-state index in [0.717, 1.165) is 30.8 Å². The van der Waals surface area contributed by atoms with E-state index in [1.807, 2.05) is 0 Å². The summed E-state index contributed by atoms with van der Waals surface area (Å²) >= 11 is 0. The molecule has 1 aromatic carbocycles. The molecule has 1 saturated heterocycles. The zero-order valence-corrected chi connectivity index (χ0v) is 14.7. The average molecular weight is 352 g/mol. The molecule has 0 aliphatic carbocycles. The Morgan fingerprint density at radius 1 is 1.33 bits per heavy atom. The van der Waals surface area contributed by atoms with Gasteiger partial charge in [-0.15, -0.1) is 0 Å². The second kappa shape index (κ2) is 6.11. The number of carbonyl (C=O) groups is 1. The molecule has 132 valence electrons. The number of nitrogens with zero attached hydrogens (tertiary/aromatic N) is 2. The summed E-state index contributed by atoms with van der Waals surface area (Å²) < 4.78 is 22.9. The van der Waals surface area contributed by atoms with Crippen LogP contribution < -0.4 is 15.8 Å². The van der Waals surface area contributed by atoms with Gasteiger partial charge in [0, 0.05) is 18.8 Å². The molecule has 1 atom stereocenters. The fourth-order valence-electron chi connectivity index (χ4n) is 3.52. The van der Waals surface area contributed by atoms with Crippen molar-refractivity contribution in [3.8, 4) is 0 Å². The van der Waals surface area contributed by atoms with Crippen LogP contribution >= 0.6 is 0 Å². The van der Waals surface area contributed by atoms with Crippen LogP contribution in [-0.4, -0.2) is 51.9 Å². The minimum absolute atomic E-state index is 0.0402. The maximum absolute atomic E-state index is 12.7. The van der Waals surface area contributed by atoms with E-state index in [-0.39, 0.29) is 16.2 Å². The molecule has 1 fully saturated rings. The van der Waals surface area contributed by atoms with Crippen molar-refractivity contribution in [3.05, 3.63) is 23.8 Å². The zero-order valence-electron chi connectivity index (χ0n) is 13.9. The fourth-order valence-corrected chi connectivity index (χ4v) is 4.08. The third kappa shape index (κ3) is 3.32. The molecule has 0 aromatic heterocycles. The van der Waals surface area contributed by atoms with Gasteiger partial charge in [-0.2, -0.15) is 0 Å². The second-order valence-electron chi connectivity index (χ2n) is 7.11. The van der Waals surface area contributed by atoms with Crippen molar-refractivity contribution in [2.75, 3.05) is 37.6 Å². The van der Waals surface area contributed by atoms with Crippen LogP contribution in [0.4, 0.5) is 5.69 Å². The van der Waals surface area contributed by atoms with Gasteiger partial charge in [0.15, 0.2) is 0 Å². The molecule has 2 aliphatic heterocycles. The van der Waals surface area contributed by atoms with E-state index in [1.165, 1.54) is 6.07 Å². The Kier molecular flexibility index (Phi) is 4.41. The molecule has 0 spiro atoms. The van der Waals surface area contributed by atoms with Crippen molar-refractivity contribution in [2.24, 2.45) is 16.3 Å². The molecular formula is C16H24N4O3S. The molecule has 0 bridgehead atoms. The Morgan fingerprint density at radius 2 is 2.08 bits per heavy atom. The Labute approximate surface area is 142 Å². The van der Waals surface area contributed by atoms with Crippen molar-refractivity contribution in [1.29, 1.82) is 0 Å². The first-order valence-electron chi connectivity index (χ1n) is 8.10. The lowest BCUT2D eigenvalue weighted by atomic mass is 9.90. The van der Waals surface area contributed by atoms with E-state index in [2.05, 4.69) is 11.8 Å². The van der Waals surface area contributed by atoms with Gasteiger partial charge in [0.1, 0.15) is 0 Å². The number of primary sulfonamides is 1. The summed E-state index contributed by atoms with van der Waals surface area (Å²) in [7, 11) is -3.72. The largest absolute Gasteiger partial charge is 0.330 e. The summed E-state index contributed by atoms with van der Waals surface area (Å²) in [6.07, 6.45) is 1.65. The SMILES string of the molecule is CC1(CN)CCN(CC(=O)N2CCc3cc(S(N)(=O)=O)ccc32)C1. The van der Waals surface area contributed by atoms with E-state index in [4.69, 9.17) is 10.9 Å². The Hall–Kier alpha value is -1.48. The predicted molar refractivity (Wildman–Crippen MR) is 92.1 cm³/mol. The van der Waals surface area contributed by atoms with Gasteiger partial charge >= 0.3 is 0 Å². The zero-order chi connectivity index (χ0) is 17.5. The number of sulfonamides is 1. The first-order chi connectivity index (χ1) is 11.2. The molecule has 1 aromatic rings. The second-order valence-corrected chi connectivity index (χ2v) is 8.67. The van der Waals surface area contributed by atoms with Crippen LogP contribution in [0.5, 0.6) is 0 Å². The Bertz CT molecular complexity index is 765. The number of likely N-dealkylation sites (tertiary alicyclic amines) is 1. The number of fused-ring (bicyclic) bond motifs is 1. The number of anilines is 1. The van der Waals surface area contributed by atoms with Gasteiger partial charge in [0.2, 0.25) is 15.9 Å². The first-order valence-corrected chi connectivity index (χ1v) is 9.65. The smallest absolute Gasteiger partial charge is 0.241 e. The van der Waals surface area contributed by atoms with Crippen molar-refractivity contribution >= 4 is 21.6 Å². The van der Waals surface area contributed by atoms with Gasteiger partial charge in [-0.25, -0.2) is 13.6 Å². The molecule has 4 N–H and O–H groups in total. The van der Waals surface area contributed by atoms with E-state index < -0.39 is 10.0 Å². The summed E-state index contributed by atoms with van der Waals surface area (Å²) in [6.45, 7) is 5.43. The van der Waals surface area contributed by atoms with Crippen LogP contribution in [0.2, 0.25) is 0 Å². The number of nitrogens with two attached hydrogens (primary N) is 2. The average Bonchev–Trinajstić information content (AvgIpc) is 3.10. The van der Waals surface area contributed by atoms with E-state index in [1.54, 1.807) is 17.0 Å². The van der Waals surface area contributed by atoms with E-state index in [0.29, 0.717) is 26.1 Å². The highest BCUT2D eigenvalue weighted by Gasteiger charge is 2.35. The Morgan fingerprint density at radius 3 is 2.71 bits per heavy atom. The molecule has 8 heteroatoms. The van der Waals surface area contributed by atoms with Crippen LogP contribution in [0.3, 0.4) is 0 Å². The van der Waals surface area contributed by atoms with Gasteiger partial charge < -0.3 is 10.6 Å². The number of benzene rings is 1. The lowest BCUT2D eigenvalue weighted by Crippen LogP contribution is -2.40. The minimum atomic E-state index is -3.72. The number of carbonyl (C=O) groups excluding carboxylic acids is 1. The van der Waals surface area contributed by atoms with Crippen LogP contribution in [0.1, 0.15) is 18.9 Å². The van der Waals surface area contributed by atoms with Gasteiger partial charge in [0.25, 0.3) is 0 Å². The van der Waals surface area contributed by atoms with Crippen LogP contribution in [0.25, 0.3) is 0 Å². The fraction of sp³-hybridized carbons (Fsp3) is 0.562. The topological polar surface area (TPSA) is 110 Å². The quantitative estimate of drug-likeness (QED) is 0.786. The number of rotatable bonds is 4. The molecule has 2 aliphatic rings. The molecule has 7 nitrogen and oxygen atoms in total. The predicted octanol–water partition coefficient (Wildman–Crippen LogP) is -0.106. The van der Waals surface area contributed by atoms with Gasteiger partial charge in [-0.3, -0.25) is 9.69 Å². The third-order valence-electron chi connectivity index (χ3n) is 5.06. The lowest BCUT2D eigenvalue weighted by molar-refractivity contribution is -0.119. The molecule has 0 saturated carbocycles. The Balaban J connectivity index is 1.71. The molecule has 24 heavy (non-hydrogen) atoms. The van der Waals surface area contributed by atoms with Crippen molar-refractivity contribution in [3.63, 3.8) is 0 Å². The number of hydrogen-bond donors (Lipinski definition) is 2. The highest BCUT2D eigenvalue weighted by Crippen LogP contribution is 2.31. The van der Waals surface area contributed by atoms with Gasteiger partial charge in [-0.05, 0) is 55.1 Å². The first kappa shape index (κ1) is 17.3. The summed E-state index contributed by atoms with van der Waals surface area (Å²) in [6, 6.07) is 4.70. The third-order valence-corrected chi connectivity index (χ3v) is 5.98. The summed E-state index contributed by atoms with van der Waals surface area (Å²) in [4.78, 5) is 16.6. The highest BCUT2D eigenvalue weighted by atomic mass is 32.2. The van der Waals surface area contributed by atoms with E-state index >= 15 is 0 Å². The van der Waals surface area contributed by atoms with Gasteiger partial charge in [-0.1, -0.05) is 6.92 Å². The standard InChI is InChI=1S/C16H24N4O3S/c1-16(10-17)5-7-19(11-16)9-15(21)20-6-4-12-8-13(24(18,22)23)2-3-14(12)20/h2-3,8H,4-7,9-11,17H2,1H3,(H2,18,22,23). The van der Waals surface area contributed by atoms with Crippen molar-refractivity contribution in [1.82, 2.24) is 4.90 Å². The molecule has 0 radical (unpaired) electrons. The lowest BCUT2D eigenvalue weighted by Gasteiger charge is -2.24. The molecule has 2 heterocycles. The number of amides is 1. The van der Waals surface area contributed by atoms with Crippen molar-refractivity contribution in [2.45, 2.75) is 24.7 Å². The summed E-state index contributed by atoms with van der Waals surface area (Å²) in [5, 5.41) is 5.17. The molecule has 3 rings (SSSR count). The molecule has 1 amide bonds. The number of hydrogen-bond acceptors (Lipinski definition) is 5. The van der Waals surface area contributed by atoms with Crippen molar-refractivity contribution < 1.29 is 13.2 Å². The highest BCUT2D eigenvalue weighted by molar-refractivity contribution is 7.89. The monoisotopic (exact) mass is 352 g/mol. The molecular weight excluding hydrogens is 328 g/mol. The van der Waals surface area contributed by atoms with Crippen LogP contribution in [0, 0.1) is 5.41 Å². The van der Waals surface area contributed by atoms with E-state index in [9.17, 15) is 13.2 Å².